The van der Waals surface area contributed by atoms with E-state index < -0.39 is 11.8 Å². The standard InChI is InChI=1S/C16H23FN2O2/c1-3-12(2)19-8-6-18(7-9-19)11-13-4-5-14(17)10-15(13)16(20)21/h4-5,10,12H,3,6-9,11H2,1-2H3,(H,20,21). The lowest BCUT2D eigenvalue weighted by Crippen LogP contribution is -2.49. The first-order chi connectivity index (χ1) is 10.0. The maximum Gasteiger partial charge on any atom is 0.336 e. The molecule has 0 aliphatic carbocycles. The van der Waals surface area contributed by atoms with E-state index in [9.17, 15) is 14.3 Å². The number of nitrogens with zero attached hydrogens (tertiary/aromatic N) is 2. The quantitative estimate of drug-likeness (QED) is 0.906. The Morgan fingerprint density at radius 1 is 1.33 bits per heavy atom. The number of halogens is 1. The molecular weight excluding hydrogens is 271 g/mol. The lowest BCUT2D eigenvalue weighted by atomic mass is 10.1. The molecule has 0 radical (unpaired) electrons. The van der Waals surface area contributed by atoms with Gasteiger partial charge in [0, 0.05) is 38.8 Å². The summed E-state index contributed by atoms with van der Waals surface area (Å²) in [4.78, 5) is 15.9. The molecule has 21 heavy (non-hydrogen) atoms. The van der Waals surface area contributed by atoms with Crippen LogP contribution < -0.4 is 0 Å². The SMILES string of the molecule is CCC(C)N1CCN(Cc2ccc(F)cc2C(=O)O)CC1. The van der Waals surface area contributed by atoms with Crippen LogP contribution in [0.4, 0.5) is 4.39 Å². The Bertz CT molecular complexity index is 499. The van der Waals surface area contributed by atoms with E-state index in [-0.39, 0.29) is 5.56 Å². The number of carbonyl (C=O) groups is 1. The second-order valence-corrected chi connectivity index (χ2v) is 5.68. The summed E-state index contributed by atoms with van der Waals surface area (Å²) in [5.74, 6) is -1.57. The minimum atomic E-state index is -1.07. The third-order valence-corrected chi connectivity index (χ3v) is 4.32. The third kappa shape index (κ3) is 4.02. The van der Waals surface area contributed by atoms with Crippen LogP contribution in [-0.2, 0) is 6.54 Å². The molecule has 1 fully saturated rings. The van der Waals surface area contributed by atoms with Crippen molar-refractivity contribution in [3.05, 3.63) is 35.1 Å². The lowest BCUT2D eigenvalue weighted by molar-refractivity contribution is 0.0690. The van der Waals surface area contributed by atoms with Crippen LogP contribution in [-0.4, -0.2) is 53.1 Å². The van der Waals surface area contributed by atoms with Gasteiger partial charge in [-0.3, -0.25) is 9.80 Å². The van der Waals surface area contributed by atoms with Crippen molar-refractivity contribution in [2.45, 2.75) is 32.9 Å². The maximum absolute atomic E-state index is 13.2. The van der Waals surface area contributed by atoms with Gasteiger partial charge in [0.2, 0.25) is 0 Å². The van der Waals surface area contributed by atoms with Gasteiger partial charge in [0.25, 0.3) is 0 Å². The summed E-state index contributed by atoms with van der Waals surface area (Å²) in [7, 11) is 0. The van der Waals surface area contributed by atoms with Gasteiger partial charge in [0.15, 0.2) is 0 Å². The van der Waals surface area contributed by atoms with Crippen molar-refractivity contribution in [3.63, 3.8) is 0 Å². The molecule has 1 atom stereocenters. The first-order valence-corrected chi connectivity index (χ1v) is 7.49. The van der Waals surface area contributed by atoms with Crippen molar-refractivity contribution in [2.75, 3.05) is 26.2 Å². The number of piperazine rings is 1. The summed E-state index contributed by atoms with van der Waals surface area (Å²) < 4.78 is 13.2. The average molecular weight is 294 g/mol. The van der Waals surface area contributed by atoms with Crippen molar-refractivity contribution in [2.24, 2.45) is 0 Å². The normalized spacial score (nSPS) is 18.6. The van der Waals surface area contributed by atoms with E-state index in [2.05, 4.69) is 23.6 Å². The predicted octanol–water partition coefficient (Wildman–Crippen LogP) is 2.44. The highest BCUT2D eigenvalue weighted by Gasteiger charge is 2.21. The van der Waals surface area contributed by atoms with Crippen LogP contribution in [0.3, 0.4) is 0 Å². The van der Waals surface area contributed by atoms with Crippen LogP contribution in [0.1, 0.15) is 36.2 Å². The van der Waals surface area contributed by atoms with Crippen molar-refractivity contribution in [1.29, 1.82) is 0 Å². The summed E-state index contributed by atoms with van der Waals surface area (Å²) in [6.07, 6.45) is 1.14. The maximum atomic E-state index is 13.2. The number of carboxylic acid groups (broad SMARTS) is 1. The molecule has 1 N–H and O–H groups in total. The molecule has 0 spiro atoms. The van der Waals surface area contributed by atoms with Crippen molar-refractivity contribution in [1.82, 2.24) is 9.80 Å². The minimum absolute atomic E-state index is 0.0688. The van der Waals surface area contributed by atoms with Crippen molar-refractivity contribution < 1.29 is 14.3 Å². The van der Waals surface area contributed by atoms with Gasteiger partial charge in [0.05, 0.1) is 5.56 Å². The highest BCUT2D eigenvalue weighted by atomic mass is 19.1. The zero-order valence-corrected chi connectivity index (χ0v) is 12.7. The minimum Gasteiger partial charge on any atom is -0.478 e. The highest BCUT2D eigenvalue weighted by molar-refractivity contribution is 5.89. The Morgan fingerprint density at radius 2 is 2.00 bits per heavy atom. The molecule has 116 valence electrons. The smallest absolute Gasteiger partial charge is 0.336 e. The zero-order chi connectivity index (χ0) is 15.4. The fraction of sp³-hybridized carbons (Fsp3) is 0.562. The van der Waals surface area contributed by atoms with Crippen LogP contribution in [0.15, 0.2) is 18.2 Å². The molecule has 1 aromatic rings. The third-order valence-electron chi connectivity index (χ3n) is 4.32. The van der Waals surface area contributed by atoms with Gasteiger partial charge >= 0.3 is 5.97 Å². The van der Waals surface area contributed by atoms with E-state index in [1.807, 2.05) is 0 Å². The van der Waals surface area contributed by atoms with Gasteiger partial charge in [-0.1, -0.05) is 13.0 Å². The predicted molar refractivity (Wildman–Crippen MR) is 80.0 cm³/mol. The monoisotopic (exact) mass is 294 g/mol. The van der Waals surface area contributed by atoms with Crippen LogP contribution in [0.25, 0.3) is 0 Å². The Hall–Kier alpha value is -1.46. The van der Waals surface area contributed by atoms with Gasteiger partial charge in [-0.15, -0.1) is 0 Å². The van der Waals surface area contributed by atoms with E-state index in [1.165, 1.54) is 6.07 Å². The molecule has 1 aliphatic rings. The first kappa shape index (κ1) is 15.9. The van der Waals surface area contributed by atoms with Crippen LogP contribution in [0.5, 0.6) is 0 Å². The molecule has 0 aromatic heterocycles. The van der Waals surface area contributed by atoms with Crippen LogP contribution in [0.2, 0.25) is 0 Å². The summed E-state index contributed by atoms with van der Waals surface area (Å²) in [5.41, 5.74) is 0.750. The molecule has 4 nitrogen and oxygen atoms in total. The lowest BCUT2D eigenvalue weighted by Gasteiger charge is -2.38. The Morgan fingerprint density at radius 3 is 2.57 bits per heavy atom. The Balaban J connectivity index is 1.99. The number of benzene rings is 1. The summed E-state index contributed by atoms with van der Waals surface area (Å²) in [6.45, 7) is 8.82. The Kier molecular flexibility index (Phi) is 5.31. The van der Waals surface area contributed by atoms with E-state index in [4.69, 9.17) is 0 Å². The van der Waals surface area contributed by atoms with Gasteiger partial charge in [0.1, 0.15) is 5.82 Å². The van der Waals surface area contributed by atoms with Gasteiger partial charge in [-0.25, -0.2) is 9.18 Å². The number of carboxylic acids is 1. The molecular formula is C16H23FN2O2. The average Bonchev–Trinajstić information content (AvgIpc) is 2.49. The van der Waals surface area contributed by atoms with Gasteiger partial charge in [-0.05, 0) is 31.0 Å². The van der Waals surface area contributed by atoms with Crippen LogP contribution in [0, 0.1) is 5.82 Å². The number of aromatic carboxylic acids is 1. The Labute approximate surface area is 125 Å². The second-order valence-electron chi connectivity index (χ2n) is 5.68. The van der Waals surface area contributed by atoms with Crippen molar-refractivity contribution >= 4 is 5.97 Å². The number of hydrogen-bond acceptors (Lipinski definition) is 3. The summed E-state index contributed by atoms with van der Waals surface area (Å²) >= 11 is 0. The van der Waals surface area contributed by atoms with Crippen LogP contribution >= 0.6 is 0 Å². The molecule has 1 heterocycles. The number of rotatable bonds is 5. The molecule has 1 saturated heterocycles. The van der Waals surface area contributed by atoms with E-state index >= 15 is 0 Å². The molecule has 0 saturated carbocycles. The molecule has 1 aliphatic heterocycles. The summed E-state index contributed by atoms with van der Waals surface area (Å²) in [6, 6.07) is 4.61. The molecule has 2 rings (SSSR count). The highest BCUT2D eigenvalue weighted by Crippen LogP contribution is 2.16. The fourth-order valence-electron chi connectivity index (χ4n) is 2.75. The van der Waals surface area contributed by atoms with E-state index in [1.54, 1.807) is 6.07 Å². The number of hydrogen-bond donors (Lipinski definition) is 1. The molecule has 1 unspecified atom stereocenters. The zero-order valence-electron chi connectivity index (χ0n) is 12.7. The molecule has 0 bridgehead atoms. The van der Waals surface area contributed by atoms with Gasteiger partial charge < -0.3 is 5.11 Å². The largest absolute Gasteiger partial charge is 0.478 e. The van der Waals surface area contributed by atoms with E-state index in [0.717, 1.165) is 38.7 Å². The summed E-state index contributed by atoms with van der Waals surface area (Å²) in [5, 5.41) is 9.17. The van der Waals surface area contributed by atoms with Crippen molar-refractivity contribution in [3.8, 4) is 0 Å². The topological polar surface area (TPSA) is 43.8 Å². The molecule has 5 heteroatoms. The fourth-order valence-corrected chi connectivity index (χ4v) is 2.75. The molecule has 0 amide bonds. The second kappa shape index (κ2) is 7.00. The van der Waals surface area contributed by atoms with E-state index in [0.29, 0.717) is 18.2 Å². The van der Waals surface area contributed by atoms with Gasteiger partial charge in [-0.2, -0.15) is 0 Å². The molecule has 1 aromatic carbocycles. The first-order valence-electron chi connectivity index (χ1n) is 7.49.